The van der Waals surface area contributed by atoms with Crippen molar-refractivity contribution in [3.8, 4) is 0 Å². The fraction of sp³-hybridized carbons (Fsp3) is 0.516. The Hall–Kier alpha value is -3.99. The van der Waals surface area contributed by atoms with Crippen molar-refractivity contribution in [3.63, 3.8) is 0 Å². The minimum Gasteiger partial charge on any atom is -0.451 e. The molecule has 4 heterocycles. The maximum absolute atomic E-state index is 13.7. The molecule has 224 valence electrons. The Labute approximate surface area is 246 Å². The topological polar surface area (TPSA) is 124 Å². The summed E-state index contributed by atoms with van der Waals surface area (Å²) in [6.45, 7) is 10.2. The van der Waals surface area contributed by atoms with E-state index in [1.54, 1.807) is 45.7 Å². The van der Waals surface area contributed by atoms with Crippen LogP contribution in [0.5, 0.6) is 0 Å². The molecule has 0 radical (unpaired) electrons. The summed E-state index contributed by atoms with van der Waals surface area (Å²) >= 11 is 0. The molecule has 0 spiro atoms. The molecule has 3 atom stereocenters. The van der Waals surface area contributed by atoms with Gasteiger partial charge in [0, 0.05) is 25.0 Å². The van der Waals surface area contributed by atoms with Gasteiger partial charge in [0.2, 0.25) is 0 Å². The van der Waals surface area contributed by atoms with Gasteiger partial charge in [0.15, 0.2) is 6.10 Å². The van der Waals surface area contributed by atoms with Crippen molar-refractivity contribution in [1.82, 2.24) is 25.7 Å². The maximum Gasteiger partial charge on any atom is 0.316 e. The number of nitrogens with zero attached hydrogens (tertiary/aromatic N) is 4. The molecule has 5 rings (SSSR count). The smallest absolute Gasteiger partial charge is 0.316 e. The summed E-state index contributed by atoms with van der Waals surface area (Å²) in [5.74, 6) is -1.24. The third kappa shape index (κ3) is 5.97. The molecule has 3 amide bonds. The van der Waals surface area contributed by atoms with Crippen molar-refractivity contribution in [1.29, 1.82) is 0 Å². The van der Waals surface area contributed by atoms with E-state index in [0.717, 1.165) is 22.9 Å². The van der Waals surface area contributed by atoms with Crippen molar-refractivity contribution in [3.05, 3.63) is 42.0 Å². The van der Waals surface area contributed by atoms with Crippen LogP contribution < -0.4 is 15.8 Å². The zero-order valence-corrected chi connectivity index (χ0v) is 24.9. The molecule has 42 heavy (non-hydrogen) atoms. The molecule has 0 saturated carbocycles. The fourth-order valence-corrected chi connectivity index (χ4v) is 5.48. The number of carbonyl (C=O) groups is 4. The molecule has 11 heteroatoms. The maximum atomic E-state index is 13.7. The monoisotopic (exact) mass is 576 g/mol. The van der Waals surface area contributed by atoms with Gasteiger partial charge in [-0.25, -0.2) is 10.4 Å². The summed E-state index contributed by atoms with van der Waals surface area (Å²) < 4.78 is 5.73. The molecule has 5 bridgehead atoms. The Bertz CT molecular complexity index is 1420. The van der Waals surface area contributed by atoms with Crippen LogP contribution >= 0.6 is 0 Å². The van der Waals surface area contributed by atoms with E-state index in [1.165, 1.54) is 5.01 Å². The van der Waals surface area contributed by atoms with Gasteiger partial charge in [0.05, 0.1) is 10.9 Å². The molecule has 3 unspecified atom stereocenters. The number of amides is 3. The lowest BCUT2D eigenvalue weighted by molar-refractivity contribution is -0.165. The second-order valence-corrected chi connectivity index (χ2v) is 12.2. The van der Waals surface area contributed by atoms with Crippen LogP contribution in [0.15, 0.2) is 36.4 Å². The lowest BCUT2D eigenvalue weighted by Crippen LogP contribution is -2.62. The number of ether oxygens (including phenoxy) is 1. The predicted octanol–water partition coefficient (Wildman–Crippen LogP) is 2.81. The fourth-order valence-electron chi connectivity index (χ4n) is 5.48. The van der Waals surface area contributed by atoms with Crippen molar-refractivity contribution < 1.29 is 23.9 Å². The number of cyclic esters (lactones) is 1. The molecule has 0 aliphatic carbocycles. The highest BCUT2D eigenvalue weighted by atomic mass is 16.5. The molecular formula is C31H40N6O5. The zero-order valence-electron chi connectivity index (χ0n) is 24.9. The second kappa shape index (κ2) is 11.7. The molecule has 2 aromatic rings. The molecule has 11 nitrogen and oxygen atoms in total. The molecule has 2 saturated heterocycles. The van der Waals surface area contributed by atoms with Gasteiger partial charge in [-0.1, -0.05) is 38.1 Å². The number of hydrazine groups is 2. The Morgan fingerprint density at radius 3 is 2.48 bits per heavy atom. The SMILES string of the molecule is CC1NC(=O)C(C(C)C)OC(=O)C(C)(C)/C=C/c2ccc3ccc(nc3c2)N2CCCN2C(=O)C2CCCN(N2)C1=O. The van der Waals surface area contributed by atoms with Crippen LogP contribution in [0.2, 0.25) is 0 Å². The van der Waals surface area contributed by atoms with Gasteiger partial charge in [-0.15, -0.1) is 0 Å². The van der Waals surface area contributed by atoms with Crippen LogP contribution in [0.3, 0.4) is 0 Å². The van der Waals surface area contributed by atoms with E-state index in [9.17, 15) is 19.2 Å². The van der Waals surface area contributed by atoms with Gasteiger partial charge in [0.1, 0.15) is 17.9 Å². The first kappa shape index (κ1) is 29.5. The highest BCUT2D eigenvalue weighted by Gasteiger charge is 2.38. The van der Waals surface area contributed by atoms with E-state index in [1.807, 2.05) is 41.4 Å². The third-order valence-corrected chi connectivity index (χ3v) is 8.05. The minimum atomic E-state index is -1.08. The Morgan fingerprint density at radius 2 is 1.71 bits per heavy atom. The Kier molecular flexibility index (Phi) is 8.23. The number of hydrogen-bond acceptors (Lipinski definition) is 8. The summed E-state index contributed by atoms with van der Waals surface area (Å²) in [6, 6.07) is 8.27. The summed E-state index contributed by atoms with van der Waals surface area (Å²) in [6.07, 6.45) is 4.53. The van der Waals surface area contributed by atoms with Crippen molar-refractivity contribution >= 4 is 46.5 Å². The van der Waals surface area contributed by atoms with Gasteiger partial charge in [-0.05, 0) is 69.7 Å². The first-order valence-corrected chi connectivity index (χ1v) is 14.7. The number of pyridine rings is 1. The van der Waals surface area contributed by atoms with Gasteiger partial charge in [0.25, 0.3) is 17.7 Å². The van der Waals surface area contributed by atoms with Crippen molar-refractivity contribution in [2.24, 2.45) is 11.3 Å². The van der Waals surface area contributed by atoms with E-state index < -0.39 is 35.5 Å². The van der Waals surface area contributed by atoms with E-state index in [2.05, 4.69) is 10.7 Å². The number of rotatable bonds is 1. The number of fused-ring (bicyclic) bond motifs is 6. The second-order valence-electron chi connectivity index (χ2n) is 12.2. The quantitative estimate of drug-likeness (QED) is 0.497. The summed E-state index contributed by atoms with van der Waals surface area (Å²) in [7, 11) is 0. The molecular weight excluding hydrogens is 536 g/mol. The van der Waals surface area contributed by atoms with Crippen molar-refractivity contribution in [2.75, 3.05) is 24.6 Å². The third-order valence-electron chi connectivity index (χ3n) is 8.05. The number of anilines is 1. The van der Waals surface area contributed by atoms with Crippen LogP contribution in [-0.2, 0) is 23.9 Å². The molecule has 3 aliphatic rings. The van der Waals surface area contributed by atoms with Crippen LogP contribution in [0.1, 0.15) is 59.4 Å². The minimum absolute atomic E-state index is 0.125. The normalized spacial score (nSPS) is 26.3. The number of hydrogen-bond donors (Lipinski definition) is 2. The summed E-state index contributed by atoms with van der Waals surface area (Å²) in [5.41, 5.74) is 3.69. The summed E-state index contributed by atoms with van der Waals surface area (Å²) in [5, 5.41) is 8.71. The molecule has 1 aromatic carbocycles. The molecule has 2 fully saturated rings. The lowest BCUT2D eigenvalue weighted by atomic mass is 9.92. The molecule has 1 aromatic heterocycles. The number of aromatic nitrogens is 1. The average molecular weight is 577 g/mol. The van der Waals surface area contributed by atoms with Gasteiger partial charge < -0.3 is 10.1 Å². The van der Waals surface area contributed by atoms with Crippen LogP contribution in [0, 0.1) is 11.3 Å². The zero-order chi connectivity index (χ0) is 30.2. The number of esters is 1. The summed E-state index contributed by atoms with van der Waals surface area (Å²) in [4.78, 5) is 58.5. The Morgan fingerprint density at radius 1 is 0.976 bits per heavy atom. The van der Waals surface area contributed by atoms with Crippen LogP contribution in [0.4, 0.5) is 5.82 Å². The average Bonchev–Trinajstić information content (AvgIpc) is 3.47. The molecule has 3 aliphatic heterocycles. The van der Waals surface area contributed by atoms with Crippen LogP contribution in [-0.4, -0.2) is 76.5 Å². The first-order chi connectivity index (χ1) is 19.9. The number of carbonyl (C=O) groups excluding carboxylic acids is 4. The molecule has 2 N–H and O–H groups in total. The predicted molar refractivity (Wildman–Crippen MR) is 158 cm³/mol. The highest BCUT2D eigenvalue weighted by molar-refractivity contribution is 5.92. The highest BCUT2D eigenvalue weighted by Crippen LogP contribution is 2.27. The van der Waals surface area contributed by atoms with Gasteiger partial charge in [-0.3, -0.25) is 34.2 Å². The van der Waals surface area contributed by atoms with Gasteiger partial charge >= 0.3 is 5.97 Å². The largest absolute Gasteiger partial charge is 0.451 e. The number of nitrogens with one attached hydrogen (secondary N) is 2. The van der Waals surface area contributed by atoms with E-state index in [4.69, 9.17) is 9.72 Å². The van der Waals surface area contributed by atoms with E-state index in [-0.39, 0.29) is 17.7 Å². The number of benzene rings is 1. The Balaban J connectivity index is 1.53. The van der Waals surface area contributed by atoms with E-state index >= 15 is 0 Å². The first-order valence-electron chi connectivity index (χ1n) is 14.7. The van der Waals surface area contributed by atoms with Crippen molar-refractivity contribution in [2.45, 2.75) is 72.1 Å². The van der Waals surface area contributed by atoms with E-state index in [0.29, 0.717) is 38.3 Å². The lowest BCUT2D eigenvalue weighted by Gasteiger charge is -2.38. The van der Waals surface area contributed by atoms with Gasteiger partial charge in [-0.2, -0.15) is 0 Å². The van der Waals surface area contributed by atoms with Crippen LogP contribution in [0.25, 0.3) is 17.0 Å². The standard InChI is InChI=1S/C31H40N6O5/c1-19(2)26-27(38)32-20(3)28(39)35-15-6-8-23(34-35)29(40)37-17-7-16-36(37)25-12-11-22-10-9-21(18-24(22)33-25)13-14-31(4,5)30(41)42-26/h9-14,18-20,23,26,34H,6-8,15-17H2,1-5H3,(H,32,38)/b14-13+.